The maximum Gasteiger partial charge on any atom is 0.250 e. The Balaban J connectivity index is 2.68. The van der Waals surface area contributed by atoms with Crippen molar-refractivity contribution in [2.45, 2.75) is 51.7 Å². The normalized spacial score (nSPS) is 17.9. The van der Waals surface area contributed by atoms with E-state index in [-0.39, 0.29) is 0 Å². The Bertz CT molecular complexity index is 256. The van der Waals surface area contributed by atoms with Crippen LogP contribution in [0.4, 0.5) is 0 Å². The SMILES string of the molecule is CC(C)(C)[Si](C)(C)OC1=CCCC=C1. The van der Waals surface area contributed by atoms with Crippen molar-refractivity contribution in [1.82, 2.24) is 0 Å². The molecule has 0 heterocycles. The fraction of sp³-hybridized carbons (Fsp3) is 0.667. The highest BCUT2D eigenvalue weighted by atomic mass is 28.4. The molecule has 0 unspecified atom stereocenters. The fourth-order valence-electron chi connectivity index (χ4n) is 1.11. The Morgan fingerprint density at radius 1 is 1.21 bits per heavy atom. The second-order valence-corrected chi connectivity index (χ2v) is 10.2. The zero-order valence-corrected chi connectivity index (χ0v) is 11.1. The first-order valence-electron chi connectivity index (χ1n) is 5.39. The Kier molecular flexibility index (Phi) is 3.25. The lowest BCUT2D eigenvalue weighted by atomic mass is 10.2. The van der Waals surface area contributed by atoms with Crippen molar-refractivity contribution in [3.63, 3.8) is 0 Å². The van der Waals surface area contributed by atoms with Gasteiger partial charge in [-0.2, -0.15) is 0 Å². The molecule has 2 heteroatoms. The summed E-state index contributed by atoms with van der Waals surface area (Å²) in [4.78, 5) is 0. The summed E-state index contributed by atoms with van der Waals surface area (Å²) in [5.41, 5.74) is 0. The summed E-state index contributed by atoms with van der Waals surface area (Å²) >= 11 is 0. The summed E-state index contributed by atoms with van der Waals surface area (Å²) in [7, 11) is -1.61. The van der Waals surface area contributed by atoms with Gasteiger partial charge in [-0.3, -0.25) is 0 Å². The fourth-order valence-corrected chi connectivity index (χ4v) is 2.16. The van der Waals surface area contributed by atoms with Gasteiger partial charge in [0.2, 0.25) is 8.32 Å². The molecule has 0 aromatic heterocycles. The van der Waals surface area contributed by atoms with Crippen LogP contribution in [0.5, 0.6) is 0 Å². The summed E-state index contributed by atoms with van der Waals surface area (Å²) in [5.74, 6) is 1.09. The third kappa shape index (κ3) is 2.74. The highest BCUT2D eigenvalue weighted by Gasteiger charge is 2.39. The van der Waals surface area contributed by atoms with E-state index in [1.165, 1.54) is 0 Å². The van der Waals surface area contributed by atoms with Crippen molar-refractivity contribution in [3.05, 3.63) is 24.0 Å². The molecular weight excluding hydrogens is 188 g/mol. The van der Waals surface area contributed by atoms with Crippen molar-refractivity contribution in [1.29, 1.82) is 0 Å². The van der Waals surface area contributed by atoms with Crippen molar-refractivity contribution in [3.8, 4) is 0 Å². The largest absolute Gasteiger partial charge is 0.544 e. The molecule has 0 spiro atoms. The lowest BCUT2D eigenvalue weighted by Crippen LogP contribution is -2.40. The first-order valence-corrected chi connectivity index (χ1v) is 8.29. The average Bonchev–Trinajstić information content (AvgIpc) is 2.03. The van der Waals surface area contributed by atoms with Crippen molar-refractivity contribution in [2.24, 2.45) is 0 Å². The van der Waals surface area contributed by atoms with Crippen LogP contribution in [0.1, 0.15) is 33.6 Å². The minimum atomic E-state index is -1.61. The van der Waals surface area contributed by atoms with E-state index >= 15 is 0 Å². The van der Waals surface area contributed by atoms with E-state index in [0.29, 0.717) is 5.04 Å². The smallest absolute Gasteiger partial charge is 0.250 e. The van der Waals surface area contributed by atoms with Crippen molar-refractivity contribution >= 4 is 8.32 Å². The quantitative estimate of drug-likeness (QED) is 0.619. The molecule has 0 saturated heterocycles. The van der Waals surface area contributed by atoms with Crippen LogP contribution in [0.2, 0.25) is 18.1 Å². The van der Waals surface area contributed by atoms with E-state index in [2.05, 4.69) is 52.1 Å². The Hall–Kier alpha value is -0.503. The standard InChI is InChI=1S/C12H22OSi/c1-12(2,3)14(4,5)13-11-9-7-6-8-10-11/h7,9-10H,6,8H2,1-5H3. The molecule has 1 rings (SSSR count). The highest BCUT2D eigenvalue weighted by Crippen LogP contribution is 2.38. The van der Waals surface area contributed by atoms with Gasteiger partial charge in [-0.25, -0.2) is 0 Å². The van der Waals surface area contributed by atoms with E-state index in [4.69, 9.17) is 4.43 Å². The predicted molar refractivity (Wildman–Crippen MR) is 64.7 cm³/mol. The molecule has 0 saturated carbocycles. The van der Waals surface area contributed by atoms with Gasteiger partial charge in [-0.1, -0.05) is 26.8 Å². The molecule has 0 aromatic carbocycles. The molecule has 0 N–H and O–H groups in total. The number of hydrogen-bond acceptors (Lipinski definition) is 1. The molecule has 0 aliphatic heterocycles. The van der Waals surface area contributed by atoms with Crippen LogP contribution in [0, 0.1) is 0 Å². The summed E-state index contributed by atoms with van der Waals surface area (Å²) in [6, 6.07) is 0. The minimum Gasteiger partial charge on any atom is -0.544 e. The summed E-state index contributed by atoms with van der Waals surface area (Å²) < 4.78 is 6.16. The van der Waals surface area contributed by atoms with Gasteiger partial charge >= 0.3 is 0 Å². The van der Waals surface area contributed by atoms with E-state index in [1.807, 2.05) is 0 Å². The lowest BCUT2D eigenvalue weighted by Gasteiger charge is -2.37. The lowest BCUT2D eigenvalue weighted by molar-refractivity contribution is 0.396. The molecule has 0 fully saturated rings. The second kappa shape index (κ2) is 3.93. The first-order chi connectivity index (χ1) is 6.33. The molecular formula is C12H22OSi. The van der Waals surface area contributed by atoms with Crippen LogP contribution < -0.4 is 0 Å². The molecule has 0 aromatic rings. The van der Waals surface area contributed by atoms with Gasteiger partial charge in [-0.15, -0.1) is 0 Å². The molecule has 0 bridgehead atoms. The monoisotopic (exact) mass is 210 g/mol. The number of hydrogen-bond donors (Lipinski definition) is 0. The van der Waals surface area contributed by atoms with Crippen LogP contribution in [0.25, 0.3) is 0 Å². The first kappa shape index (κ1) is 11.6. The van der Waals surface area contributed by atoms with E-state index in [9.17, 15) is 0 Å². The Morgan fingerprint density at radius 2 is 1.86 bits per heavy atom. The Labute approximate surface area is 89.0 Å². The molecule has 80 valence electrons. The topological polar surface area (TPSA) is 9.23 Å². The van der Waals surface area contributed by atoms with Gasteiger partial charge in [0.15, 0.2) is 0 Å². The van der Waals surface area contributed by atoms with E-state index < -0.39 is 8.32 Å². The van der Waals surface area contributed by atoms with Gasteiger partial charge in [0.25, 0.3) is 0 Å². The van der Waals surface area contributed by atoms with Gasteiger partial charge in [0, 0.05) is 0 Å². The van der Waals surface area contributed by atoms with E-state index in [1.54, 1.807) is 0 Å². The predicted octanol–water partition coefficient (Wildman–Crippen LogP) is 4.24. The van der Waals surface area contributed by atoms with Crippen LogP contribution in [-0.2, 0) is 4.43 Å². The third-order valence-corrected chi connectivity index (χ3v) is 7.50. The third-order valence-electron chi connectivity index (χ3n) is 3.14. The van der Waals surface area contributed by atoms with Gasteiger partial charge in [-0.05, 0) is 43.1 Å². The molecule has 14 heavy (non-hydrogen) atoms. The highest BCUT2D eigenvalue weighted by molar-refractivity contribution is 6.74. The van der Waals surface area contributed by atoms with Crippen LogP contribution in [0.3, 0.4) is 0 Å². The molecule has 0 atom stereocenters. The second-order valence-electron chi connectivity index (χ2n) is 5.45. The molecule has 1 aliphatic carbocycles. The molecule has 0 radical (unpaired) electrons. The molecule has 1 aliphatic rings. The maximum atomic E-state index is 6.16. The van der Waals surface area contributed by atoms with Crippen LogP contribution >= 0.6 is 0 Å². The van der Waals surface area contributed by atoms with Gasteiger partial charge in [0.05, 0.1) is 5.76 Å². The maximum absolute atomic E-state index is 6.16. The van der Waals surface area contributed by atoms with Crippen LogP contribution in [0.15, 0.2) is 24.0 Å². The van der Waals surface area contributed by atoms with Crippen LogP contribution in [-0.4, -0.2) is 8.32 Å². The summed E-state index contributed by atoms with van der Waals surface area (Å²) in [6.07, 6.45) is 8.80. The number of rotatable bonds is 2. The minimum absolute atomic E-state index is 0.291. The summed E-state index contributed by atoms with van der Waals surface area (Å²) in [5, 5.41) is 0.291. The summed E-state index contributed by atoms with van der Waals surface area (Å²) in [6.45, 7) is 11.4. The van der Waals surface area contributed by atoms with Gasteiger partial charge in [0.1, 0.15) is 0 Å². The van der Waals surface area contributed by atoms with E-state index in [0.717, 1.165) is 18.6 Å². The van der Waals surface area contributed by atoms with Crippen molar-refractivity contribution in [2.75, 3.05) is 0 Å². The van der Waals surface area contributed by atoms with Crippen molar-refractivity contribution < 1.29 is 4.43 Å². The molecule has 1 nitrogen and oxygen atoms in total. The zero-order chi connectivity index (χ0) is 10.8. The zero-order valence-electron chi connectivity index (χ0n) is 10.1. The number of allylic oxidation sites excluding steroid dienone is 3. The average molecular weight is 210 g/mol. The molecule has 0 amide bonds. The van der Waals surface area contributed by atoms with Gasteiger partial charge < -0.3 is 4.43 Å². The Morgan fingerprint density at radius 3 is 2.29 bits per heavy atom.